The fraction of sp³-hybridized carbons (Fsp3) is 0.640. The molecule has 0 spiro atoms. The number of carbonyl (C=O) groups is 3. The van der Waals surface area contributed by atoms with Gasteiger partial charge in [0, 0.05) is 24.7 Å². The van der Waals surface area contributed by atoms with Crippen LogP contribution in [0.25, 0.3) is 0 Å². The Kier molecular flexibility index (Phi) is 12.3. The molecule has 6 nitrogen and oxygen atoms in total. The molecule has 0 bridgehead atoms. The fourth-order valence-corrected chi connectivity index (χ4v) is 3.71. The summed E-state index contributed by atoms with van der Waals surface area (Å²) in [4.78, 5) is 37.9. The summed E-state index contributed by atoms with van der Waals surface area (Å²) in [5.41, 5.74) is 13.8. The normalized spacial score (nSPS) is 15.1. The first-order valence-electron chi connectivity index (χ1n) is 11.5. The van der Waals surface area contributed by atoms with Gasteiger partial charge >= 0.3 is 0 Å². The van der Waals surface area contributed by atoms with E-state index in [1.54, 1.807) is 0 Å². The Morgan fingerprint density at radius 3 is 2.16 bits per heavy atom. The zero-order valence-corrected chi connectivity index (χ0v) is 19.7. The molecule has 5 N–H and O–H groups in total. The van der Waals surface area contributed by atoms with Crippen LogP contribution in [-0.2, 0) is 20.8 Å². The second kappa shape index (κ2) is 14.1. The van der Waals surface area contributed by atoms with Crippen LogP contribution in [0.15, 0.2) is 24.3 Å². The first-order valence-corrected chi connectivity index (χ1v) is 11.5. The molecule has 0 aromatic heterocycles. The van der Waals surface area contributed by atoms with Gasteiger partial charge in [-0.05, 0) is 51.3 Å². The van der Waals surface area contributed by atoms with Gasteiger partial charge < -0.3 is 16.8 Å². The largest absolute Gasteiger partial charge is 0.369 e. The van der Waals surface area contributed by atoms with Crippen molar-refractivity contribution in [1.82, 2.24) is 5.32 Å². The third kappa shape index (κ3) is 9.74. The van der Waals surface area contributed by atoms with Crippen LogP contribution in [0.3, 0.4) is 0 Å². The summed E-state index contributed by atoms with van der Waals surface area (Å²) in [6.45, 7) is 6.81. The monoisotopic (exact) mass is 431 g/mol. The highest BCUT2D eigenvalue weighted by Crippen LogP contribution is 2.23. The maximum atomic E-state index is 13.1. The van der Waals surface area contributed by atoms with Gasteiger partial charge in [0.25, 0.3) is 0 Å². The minimum Gasteiger partial charge on any atom is -0.369 e. The number of nitrogens with one attached hydrogen (secondary N) is 1. The summed E-state index contributed by atoms with van der Waals surface area (Å²) in [5, 5.41) is 3.10. The van der Waals surface area contributed by atoms with Gasteiger partial charge in [-0.3, -0.25) is 14.4 Å². The lowest BCUT2D eigenvalue weighted by Gasteiger charge is -2.22. The molecule has 0 fully saturated rings. The molecule has 0 heterocycles. The molecule has 1 amide bonds. The summed E-state index contributed by atoms with van der Waals surface area (Å²) in [6.07, 6.45) is 3.82. The van der Waals surface area contributed by atoms with E-state index in [1.807, 2.05) is 52.1 Å². The number of primary amides is 1. The van der Waals surface area contributed by atoms with Crippen molar-refractivity contribution in [1.29, 1.82) is 0 Å². The van der Waals surface area contributed by atoms with Crippen molar-refractivity contribution in [2.24, 2.45) is 29.2 Å². The summed E-state index contributed by atoms with van der Waals surface area (Å²) in [7, 11) is 1.89. The van der Waals surface area contributed by atoms with Crippen LogP contribution in [0.4, 0.5) is 0 Å². The van der Waals surface area contributed by atoms with Gasteiger partial charge in [0.2, 0.25) is 5.91 Å². The number of ketones is 2. The predicted molar refractivity (Wildman–Crippen MR) is 126 cm³/mol. The average molecular weight is 432 g/mol. The molecule has 6 heteroatoms. The number of hydrogen-bond acceptors (Lipinski definition) is 5. The van der Waals surface area contributed by atoms with E-state index in [2.05, 4.69) is 5.32 Å². The Labute approximate surface area is 187 Å². The van der Waals surface area contributed by atoms with E-state index in [4.69, 9.17) is 11.5 Å². The third-order valence-corrected chi connectivity index (χ3v) is 6.21. The summed E-state index contributed by atoms with van der Waals surface area (Å²) < 4.78 is 0. The molecule has 1 aromatic rings. The first kappa shape index (κ1) is 27.0. The Morgan fingerprint density at radius 1 is 1.00 bits per heavy atom. The smallest absolute Gasteiger partial charge is 0.221 e. The molecule has 0 saturated carbocycles. The molecule has 0 aliphatic rings. The minimum absolute atomic E-state index is 0.0613. The van der Waals surface area contributed by atoms with E-state index in [1.165, 1.54) is 0 Å². The quantitative estimate of drug-likeness (QED) is 0.348. The molecule has 174 valence electrons. The lowest BCUT2D eigenvalue weighted by molar-refractivity contribution is -0.132. The first-order chi connectivity index (χ1) is 14.7. The van der Waals surface area contributed by atoms with Gasteiger partial charge in [-0.2, -0.15) is 0 Å². The van der Waals surface area contributed by atoms with Crippen LogP contribution < -0.4 is 16.8 Å². The van der Waals surface area contributed by atoms with Crippen LogP contribution in [0.2, 0.25) is 0 Å². The van der Waals surface area contributed by atoms with Crippen LogP contribution in [0.1, 0.15) is 63.5 Å². The number of unbranched alkanes of at least 4 members (excludes halogenated alkanes) is 1. The molecule has 1 aromatic carbocycles. The SMILES string of the molecule is CC[C@H](C)[C@H](N)C(=O)C[C@@H](CCCCNC)C(=O)C[C@@H](Cc1ccc(C)cc1)C(N)=O. The van der Waals surface area contributed by atoms with Crippen molar-refractivity contribution in [2.45, 2.75) is 71.8 Å². The summed E-state index contributed by atoms with van der Waals surface area (Å²) in [6, 6.07) is 7.32. The highest BCUT2D eigenvalue weighted by atomic mass is 16.1. The van der Waals surface area contributed by atoms with E-state index in [-0.39, 0.29) is 30.3 Å². The molecular formula is C25H41N3O3. The fourth-order valence-electron chi connectivity index (χ4n) is 3.71. The second-order valence-electron chi connectivity index (χ2n) is 8.84. The maximum Gasteiger partial charge on any atom is 0.221 e. The molecule has 4 atom stereocenters. The second-order valence-corrected chi connectivity index (χ2v) is 8.84. The topological polar surface area (TPSA) is 115 Å². The van der Waals surface area contributed by atoms with Crippen molar-refractivity contribution in [3.8, 4) is 0 Å². The molecule has 0 radical (unpaired) electrons. The standard InChI is InChI=1S/C25H41N3O3/c1-5-18(3)24(26)23(30)15-20(8-6-7-13-28-4)22(29)16-21(25(27)31)14-19-11-9-17(2)10-12-19/h9-12,18,20-21,24,28H,5-8,13-16,26H2,1-4H3,(H2,27,31)/t18-,20+,21+,24-/m0/s1. The number of Topliss-reactive ketones (excluding diaryl/α,β-unsaturated/α-hetero) is 2. The van der Waals surface area contributed by atoms with Gasteiger partial charge in [0.15, 0.2) is 5.78 Å². The van der Waals surface area contributed by atoms with E-state index >= 15 is 0 Å². The van der Waals surface area contributed by atoms with Gasteiger partial charge in [0.05, 0.1) is 6.04 Å². The van der Waals surface area contributed by atoms with Crippen LogP contribution >= 0.6 is 0 Å². The van der Waals surface area contributed by atoms with E-state index in [0.29, 0.717) is 12.8 Å². The number of aryl methyl sites for hydroxylation is 1. The van der Waals surface area contributed by atoms with Crippen LogP contribution in [0, 0.1) is 24.7 Å². The van der Waals surface area contributed by atoms with Gasteiger partial charge in [-0.15, -0.1) is 0 Å². The predicted octanol–water partition coefficient (Wildman–Crippen LogP) is 2.94. The molecule has 1 rings (SSSR count). The van der Waals surface area contributed by atoms with Crippen molar-refractivity contribution in [2.75, 3.05) is 13.6 Å². The van der Waals surface area contributed by atoms with E-state index in [9.17, 15) is 14.4 Å². The van der Waals surface area contributed by atoms with Crippen LogP contribution in [0.5, 0.6) is 0 Å². The number of amides is 1. The third-order valence-electron chi connectivity index (χ3n) is 6.21. The number of nitrogens with two attached hydrogens (primary N) is 2. The summed E-state index contributed by atoms with van der Waals surface area (Å²) in [5.74, 6) is -1.54. The average Bonchev–Trinajstić information content (AvgIpc) is 2.75. The Hall–Kier alpha value is -2.05. The Balaban J connectivity index is 2.87. The van der Waals surface area contributed by atoms with E-state index in [0.717, 1.165) is 36.9 Å². The number of carbonyl (C=O) groups excluding carboxylic acids is 3. The highest BCUT2D eigenvalue weighted by Gasteiger charge is 2.29. The van der Waals surface area contributed by atoms with Crippen molar-refractivity contribution in [3.63, 3.8) is 0 Å². The molecule has 0 aliphatic heterocycles. The minimum atomic E-state index is -0.576. The van der Waals surface area contributed by atoms with Crippen molar-refractivity contribution < 1.29 is 14.4 Å². The Morgan fingerprint density at radius 2 is 1.61 bits per heavy atom. The number of benzene rings is 1. The van der Waals surface area contributed by atoms with Crippen molar-refractivity contribution in [3.05, 3.63) is 35.4 Å². The van der Waals surface area contributed by atoms with Gasteiger partial charge in [-0.25, -0.2) is 0 Å². The zero-order valence-electron chi connectivity index (χ0n) is 19.7. The van der Waals surface area contributed by atoms with Gasteiger partial charge in [-0.1, -0.05) is 56.5 Å². The summed E-state index contributed by atoms with van der Waals surface area (Å²) >= 11 is 0. The highest BCUT2D eigenvalue weighted by molar-refractivity contribution is 5.92. The lowest BCUT2D eigenvalue weighted by atomic mass is 9.82. The van der Waals surface area contributed by atoms with E-state index < -0.39 is 23.8 Å². The van der Waals surface area contributed by atoms with Crippen LogP contribution in [-0.4, -0.2) is 37.1 Å². The lowest BCUT2D eigenvalue weighted by Crippen LogP contribution is -2.39. The number of hydrogen-bond donors (Lipinski definition) is 3. The maximum absolute atomic E-state index is 13.1. The zero-order chi connectivity index (χ0) is 23.4. The molecular weight excluding hydrogens is 390 g/mol. The number of rotatable bonds is 16. The molecule has 0 aliphatic carbocycles. The molecule has 31 heavy (non-hydrogen) atoms. The van der Waals surface area contributed by atoms with Crippen molar-refractivity contribution >= 4 is 17.5 Å². The molecule has 0 unspecified atom stereocenters. The Bertz CT molecular complexity index is 702. The van der Waals surface area contributed by atoms with Gasteiger partial charge in [0.1, 0.15) is 5.78 Å². The molecule has 0 saturated heterocycles.